The van der Waals surface area contributed by atoms with Gasteiger partial charge in [0, 0.05) is 6.54 Å². The lowest BCUT2D eigenvalue weighted by atomic mass is 10.1. The van der Waals surface area contributed by atoms with E-state index in [9.17, 15) is 4.79 Å². The van der Waals surface area contributed by atoms with E-state index in [1.54, 1.807) is 4.90 Å². The summed E-state index contributed by atoms with van der Waals surface area (Å²) in [6.07, 6.45) is 4.09. The van der Waals surface area contributed by atoms with Gasteiger partial charge in [-0.2, -0.15) is 0 Å². The SMILES string of the molecule is O=C(COC1CCNCC1)N1CCCC1CO. The number of nitrogens with one attached hydrogen (secondary N) is 1. The Kier molecular flexibility index (Phi) is 4.76. The van der Waals surface area contributed by atoms with Crippen LogP contribution in [0.1, 0.15) is 25.7 Å². The molecular formula is C12H22N2O3. The van der Waals surface area contributed by atoms with Crippen LogP contribution in [0.4, 0.5) is 0 Å². The van der Waals surface area contributed by atoms with E-state index >= 15 is 0 Å². The number of likely N-dealkylation sites (tertiary alicyclic amines) is 1. The summed E-state index contributed by atoms with van der Waals surface area (Å²) in [5, 5.41) is 12.4. The van der Waals surface area contributed by atoms with Gasteiger partial charge < -0.3 is 20.1 Å². The number of aliphatic hydroxyl groups excluding tert-OH is 1. The lowest BCUT2D eigenvalue weighted by molar-refractivity contribution is -0.140. The zero-order chi connectivity index (χ0) is 12.1. The zero-order valence-electron chi connectivity index (χ0n) is 10.2. The second-order valence-electron chi connectivity index (χ2n) is 4.83. The molecule has 0 spiro atoms. The number of carbonyl (C=O) groups excluding carboxylic acids is 1. The molecule has 5 nitrogen and oxygen atoms in total. The van der Waals surface area contributed by atoms with Crippen LogP contribution in [-0.2, 0) is 9.53 Å². The van der Waals surface area contributed by atoms with E-state index in [0.29, 0.717) is 0 Å². The maximum absolute atomic E-state index is 11.9. The third-order valence-electron chi connectivity index (χ3n) is 3.64. The predicted molar refractivity (Wildman–Crippen MR) is 63.7 cm³/mol. The maximum atomic E-state index is 11.9. The van der Waals surface area contributed by atoms with Gasteiger partial charge in [-0.25, -0.2) is 0 Å². The van der Waals surface area contributed by atoms with Crippen LogP contribution in [-0.4, -0.2) is 60.9 Å². The standard InChI is InChI=1S/C12H22N2O3/c15-8-10-2-1-7-14(10)12(16)9-17-11-3-5-13-6-4-11/h10-11,13,15H,1-9H2. The third kappa shape index (κ3) is 3.40. The van der Waals surface area contributed by atoms with Crippen LogP contribution in [0.2, 0.25) is 0 Å². The lowest BCUT2D eigenvalue weighted by Gasteiger charge is -2.26. The summed E-state index contributed by atoms with van der Waals surface area (Å²) in [6.45, 7) is 2.95. The van der Waals surface area contributed by atoms with Crippen molar-refractivity contribution < 1.29 is 14.6 Å². The molecule has 1 atom stereocenters. The molecule has 98 valence electrons. The Labute approximate surface area is 102 Å². The fraction of sp³-hybridized carbons (Fsp3) is 0.917. The van der Waals surface area contributed by atoms with Crippen molar-refractivity contribution in [2.45, 2.75) is 37.8 Å². The molecule has 0 radical (unpaired) electrons. The van der Waals surface area contributed by atoms with Gasteiger partial charge in [-0.1, -0.05) is 0 Å². The van der Waals surface area contributed by atoms with Gasteiger partial charge in [0.25, 0.3) is 0 Å². The highest BCUT2D eigenvalue weighted by Crippen LogP contribution is 2.17. The van der Waals surface area contributed by atoms with Gasteiger partial charge >= 0.3 is 0 Å². The van der Waals surface area contributed by atoms with Crippen molar-refractivity contribution in [3.63, 3.8) is 0 Å². The van der Waals surface area contributed by atoms with E-state index in [0.717, 1.165) is 45.3 Å². The van der Waals surface area contributed by atoms with Crippen LogP contribution < -0.4 is 5.32 Å². The van der Waals surface area contributed by atoms with Crippen LogP contribution in [0.3, 0.4) is 0 Å². The van der Waals surface area contributed by atoms with Gasteiger partial charge in [0.05, 0.1) is 18.8 Å². The number of carbonyl (C=O) groups is 1. The van der Waals surface area contributed by atoms with Crippen LogP contribution in [0.15, 0.2) is 0 Å². The molecule has 2 fully saturated rings. The summed E-state index contributed by atoms with van der Waals surface area (Å²) in [5.74, 6) is 0.0279. The number of hydrogen-bond donors (Lipinski definition) is 2. The van der Waals surface area contributed by atoms with Crippen LogP contribution in [0.25, 0.3) is 0 Å². The number of nitrogens with zero attached hydrogens (tertiary/aromatic N) is 1. The van der Waals surface area contributed by atoms with Crippen LogP contribution in [0, 0.1) is 0 Å². The Morgan fingerprint density at radius 3 is 2.82 bits per heavy atom. The molecule has 2 saturated heterocycles. The molecule has 2 heterocycles. The number of rotatable bonds is 4. The summed E-state index contributed by atoms with van der Waals surface area (Å²) in [5.41, 5.74) is 0. The Hall–Kier alpha value is -0.650. The first-order valence-corrected chi connectivity index (χ1v) is 6.54. The molecule has 2 N–H and O–H groups in total. The highest BCUT2D eigenvalue weighted by molar-refractivity contribution is 5.78. The van der Waals surface area contributed by atoms with Gasteiger partial charge in [-0.3, -0.25) is 4.79 Å². The Balaban J connectivity index is 1.72. The number of aliphatic hydroxyl groups is 1. The quantitative estimate of drug-likeness (QED) is 0.713. The van der Waals surface area contributed by atoms with E-state index in [4.69, 9.17) is 9.84 Å². The lowest BCUT2D eigenvalue weighted by Crippen LogP contribution is -2.41. The minimum absolute atomic E-state index is 0.0131. The largest absolute Gasteiger partial charge is 0.394 e. The molecule has 1 unspecified atom stereocenters. The molecule has 1 amide bonds. The van der Waals surface area contributed by atoms with Crippen LogP contribution in [0.5, 0.6) is 0 Å². The Morgan fingerprint density at radius 2 is 2.12 bits per heavy atom. The number of ether oxygens (including phenoxy) is 1. The van der Waals surface area contributed by atoms with Crippen molar-refractivity contribution >= 4 is 5.91 Å². The summed E-state index contributed by atoms with van der Waals surface area (Å²) in [7, 11) is 0. The molecule has 2 aliphatic heterocycles. The summed E-state index contributed by atoms with van der Waals surface area (Å²) >= 11 is 0. The molecule has 2 aliphatic rings. The van der Waals surface area contributed by atoms with Gasteiger partial charge in [0.2, 0.25) is 5.91 Å². The third-order valence-corrected chi connectivity index (χ3v) is 3.64. The first-order valence-electron chi connectivity index (χ1n) is 6.54. The van der Waals surface area contributed by atoms with Crippen LogP contribution >= 0.6 is 0 Å². The van der Waals surface area contributed by atoms with E-state index in [-0.39, 0.29) is 31.3 Å². The molecule has 5 heteroatoms. The van der Waals surface area contributed by atoms with E-state index < -0.39 is 0 Å². The minimum atomic E-state index is 0.0131. The summed E-state index contributed by atoms with van der Waals surface area (Å²) in [4.78, 5) is 13.7. The summed E-state index contributed by atoms with van der Waals surface area (Å²) in [6, 6.07) is 0.0131. The maximum Gasteiger partial charge on any atom is 0.248 e. The molecule has 0 saturated carbocycles. The Morgan fingerprint density at radius 1 is 1.35 bits per heavy atom. The molecule has 0 aromatic rings. The van der Waals surface area contributed by atoms with Gasteiger partial charge in [-0.05, 0) is 38.8 Å². The van der Waals surface area contributed by atoms with E-state index in [2.05, 4.69) is 5.32 Å². The highest BCUT2D eigenvalue weighted by Gasteiger charge is 2.28. The van der Waals surface area contributed by atoms with Gasteiger partial charge in [0.15, 0.2) is 0 Å². The van der Waals surface area contributed by atoms with Gasteiger partial charge in [0.1, 0.15) is 6.61 Å². The van der Waals surface area contributed by atoms with Crippen molar-refractivity contribution in [1.82, 2.24) is 10.2 Å². The molecule has 0 aliphatic carbocycles. The predicted octanol–water partition coefficient (Wildman–Crippen LogP) is -0.262. The van der Waals surface area contributed by atoms with Crippen molar-refractivity contribution in [1.29, 1.82) is 0 Å². The van der Waals surface area contributed by atoms with E-state index in [1.807, 2.05) is 0 Å². The topological polar surface area (TPSA) is 61.8 Å². The number of hydrogen-bond acceptors (Lipinski definition) is 4. The van der Waals surface area contributed by atoms with Crippen molar-refractivity contribution in [3.05, 3.63) is 0 Å². The first-order chi connectivity index (χ1) is 8.31. The van der Waals surface area contributed by atoms with E-state index in [1.165, 1.54) is 0 Å². The highest BCUT2D eigenvalue weighted by atomic mass is 16.5. The van der Waals surface area contributed by atoms with Crippen molar-refractivity contribution in [2.24, 2.45) is 0 Å². The molecule has 0 aromatic heterocycles. The normalized spacial score (nSPS) is 26.4. The minimum Gasteiger partial charge on any atom is -0.394 e. The number of amides is 1. The second kappa shape index (κ2) is 6.33. The molecular weight excluding hydrogens is 220 g/mol. The summed E-state index contributed by atoms with van der Waals surface area (Å²) < 4.78 is 5.64. The average Bonchev–Trinajstić information content (AvgIpc) is 2.85. The van der Waals surface area contributed by atoms with Crippen molar-refractivity contribution in [3.8, 4) is 0 Å². The molecule has 17 heavy (non-hydrogen) atoms. The molecule has 0 bridgehead atoms. The van der Waals surface area contributed by atoms with Gasteiger partial charge in [-0.15, -0.1) is 0 Å². The molecule has 2 rings (SSSR count). The average molecular weight is 242 g/mol. The zero-order valence-corrected chi connectivity index (χ0v) is 10.2. The monoisotopic (exact) mass is 242 g/mol. The number of piperidine rings is 1. The van der Waals surface area contributed by atoms with Crippen molar-refractivity contribution in [2.75, 3.05) is 32.8 Å². The first kappa shape index (κ1) is 12.8. The Bertz CT molecular complexity index is 254. The fourth-order valence-corrected chi connectivity index (χ4v) is 2.59. The fourth-order valence-electron chi connectivity index (χ4n) is 2.59. The smallest absolute Gasteiger partial charge is 0.248 e. The second-order valence-corrected chi connectivity index (χ2v) is 4.83. The molecule has 0 aromatic carbocycles.